The van der Waals surface area contributed by atoms with E-state index in [1.807, 2.05) is 35.0 Å². The van der Waals surface area contributed by atoms with Gasteiger partial charge in [-0.15, -0.1) is 0 Å². The average molecular weight is 529 g/mol. The van der Waals surface area contributed by atoms with Gasteiger partial charge in [-0.1, -0.05) is 36.4 Å². The molecule has 0 radical (unpaired) electrons. The predicted molar refractivity (Wildman–Crippen MR) is 138 cm³/mol. The van der Waals surface area contributed by atoms with E-state index in [9.17, 15) is 23.8 Å². The fourth-order valence-electron chi connectivity index (χ4n) is 5.20. The van der Waals surface area contributed by atoms with Gasteiger partial charge in [0.2, 0.25) is 0 Å². The van der Waals surface area contributed by atoms with Crippen LogP contribution in [0.1, 0.15) is 37.8 Å². The smallest absolute Gasteiger partial charge is 0.329 e. The minimum atomic E-state index is -0.968. The molecule has 38 heavy (non-hydrogen) atoms. The minimum absolute atomic E-state index is 0.278. The van der Waals surface area contributed by atoms with Crippen molar-refractivity contribution in [1.29, 1.82) is 0 Å². The highest BCUT2D eigenvalue weighted by Gasteiger charge is 2.27. The van der Waals surface area contributed by atoms with Gasteiger partial charge in [0.25, 0.3) is 0 Å². The Balaban J connectivity index is 1.65. The minimum Gasteiger partial charge on any atom is -0.480 e. The van der Waals surface area contributed by atoms with Crippen molar-refractivity contribution < 1.29 is 33.6 Å². The maximum atomic E-state index is 14.3. The Labute approximate surface area is 220 Å². The summed E-state index contributed by atoms with van der Waals surface area (Å²) in [6.07, 6.45) is 3.46. The van der Waals surface area contributed by atoms with Gasteiger partial charge >= 0.3 is 5.97 Å². The van der Waals surface area contributed by atoms with Crippen molar-refractivity contribution in [2.45, 2.75) is 51.2 Å². The molecule has 1 fully saturated rings. The number of aryl methyl sites for hydroxylation is 1. The van der Waals surface area contributed by atoms with Gasteiger partial charge in [0, 0.05) is 17.7 Å². The molecule has 4 rings (SSSR count). The quantitative estimate of drug-likeness (QED) is 0.315. The summed E-state index contributed by atoms with van der Waals surface area (Å²) >= 11 is 0. The first-order valence-electron chi connectivity index (χ1n) is 13.0. The highest BCUT2D eigenvalue weighted by Crippen LogP contribution is 2.38. The van der Waals surface area contributed by atoms with E-state index in [4.69, 9.17) is 14.9 Å². The normalized spacial score (nSPS) is 18.4. The number of aliphatic carboxylic acids is 1. The third-order valence-electron chi connectivity index (χ3n) is 7.18. The average Bonchev–Trinajstić information content (AvgIpc) is 3.28. The number of rotatable bonds is 12. The molecule has 1 saturated carbocycles. The monoisotopic (exact) mass is 528 g/mol. The van der Waals surface area contributed by atoms with E-state index in [2.05, 4.69) is 0 Å². The zero-order valence-corrected chi connectivity index (χ0v) is 21.2. The van der Waals surface area contributed by atoms with Crippen molar-refractivity contribution in [3.05, 3.63) is 65.9 Å². The summed E-state index contributed by atoms with van der Waals surface area (Å²) in [6.45, 7) is 0.417. The van der Waals surface area contributed by atoms with Crippen molar-refractivity contribution in [2.24, 2.45) is 11.8 Å². The molecular formula is C29H34F2N2O5. The van der Waals surface area contributed by atoms with Crippen LogP contribution in [-0.4, -0.2) is 57.0 Å². The number of hydrogen-bond acceptors (Lipinski definition) is 5. The number of aromatic nitrogens is 2. The molecule has 0 spiro atoms. The first kappa shape index (κ1) is 27.9. The first-order valence-corrected chi connectivity index (χ1v) is 13.0. The molecule has 0 saturated heterocycles. The summed E-state index contributed by atoms with van der Waals surface area (Å²) in [5.41, 5.74) is 3.54. The lowest BCUT2D eigenvalue weighted by molar-refractivity contribution is -0.142. The molecule has 1 aliphatic carbocycles. The van der Waals surface area contributed by atoms with Crippen molar-refractivity contribution in [3.8, 4) is 22.4 Å². The molecule has 0 aliphatic heterocycles. The number of aliphatic hydroxyl groups excluding tert-OH is 2. The van der Waals surface area contributed by atoms with Gasteiger partial charge in [-0.2, -0.15) is 5.10 Å². The summed E-state index contributed by atoms with van der Waals surface area (Å²) in [5.74, 6) is -2.18. The second-order valence-electron chi connectivity index (χ2n) is 10.0. The zero-order valence-electron chi connectivity index (χ0n) is 21.2. The van der Waals surface area contributed by atoms with Crippen molar-refractivity contribution >= 4 is 5.97 Å². The summed E-state index contributed by atoms with van der Waals surface area (Å²) < 4.78 is 35.4. The lowest BCUT2D eigenvalue weighted by Crippen LogP contribution is -2.23. The number of carboxylic acid groups (broad SMARTS) is 1. The molecule has 2 aromatic carbocycles. The van der Waals surface area contributed by atoms with Crippen molar-refractivity contribution in [3.63, 3.8) is 0 Å². The molecule has 0 amide bonds. The fraction of sp³-hybridized carbons (Fsp3) is 0.448. The Morgan fingerprint density at radius 1 is 1.03 bits per heavy atom. The van der Waals surface area contributed by atoms with E-state index >= 15 is 0 Å². The molecule has 3 aromatic rings. The largest absolute Gasteiger partial charge is 0.480 e. The Hall–Kier alpha value is -3.14. The van der Waals surface area contributed by atoms with Crippen molar-refractivity contribution in [2.75, 3.05) is 19.8 Å². The molecule has 1 atom stereocenters. The Morgan fingerprint density at radius 2 is 1.74 bits per heavy atom. The highest BCUT2D eigenvalue weighted by molar-refractivity contribution is 5.83. The molecule has 1 heterocycles. The van der Waals surface area contributed by atoms with E-state index in [0.717, 1.165) is 43.0 Å². The maximum absolute atomic E-state index is 14.3. The molecule has 0 bridgehead atoms. The number of benzene rings is 2. The Kier molecular flexibility index (Phi) is 9.60. The number of halogens is 2. The maximum Gasteiger partial charge on any atom is 0.329 e. The van der Waals surface area contributed by atoms with Crippen LogP contribution in [0, 0.1) is 23.5 Å². The van der Waals surface area contributed by atoms with Gasteiger partial charge in [0.05, 0.1) is 30.7 Å². The number of hydrogen-bond donors (Lipinski definition) is 3. The highest BCUT2D eigenvalue weighted by atomic mass is 19.2. The predicted octanol–water partition coefficient (Wildman–Crippen LogP) is 4.69. The number of ether oxygens (including phenoxy) is 1. The molecule has 204 valence electrons. The molecule has 9 heteroatoms. The summed E-state index contributed by atoms with van der Waals surface area (Å²) in [4.78, 5) is 10.7. The third kappa shape index (κ3) is 7.03. The van der Waals surface area contributed by atoms with Crippen LogP contribution in [0.4, 0.5) is 8.78 Å². The zero-order chi connectivity index (χ0) is 27.1. The summed E-state index contributed by atoms with van der Waals surface area (Å²) in [7, 11) is 0. The number of nitrogens with zero attached hydrogens (tertiary/aromatic N) is 2. The Bertz CT molecular complexity index is 1210. The fourth-order valence-corrected chi connectivity index (χ4v) is 5.20. The first-order chi connectivity index (χ1) is 18.4. The molecule has 1 aromatic heterocycles. The van der Waals surface area contributed by atoms with Gasteiger partial charge in [-0.25, -0.2) is 13.6 Å². The molecule has 1 aliphatic rings. The Morgan fingerprint density at radius 3 is 2.39 bits per heavy atom. The van der Waals surface area contributed by atoms with Crippen LogP contribution in [0.2, 0.25) is 0 Å². The second kappa shape index (κ2) is 13.1. The van der Waals surface area contributed by atoms with Gasteiger partial charge in [-0.3, -0.25) is 4.68 Å². The van der Waals surface area contributed by atoms with E-state index < -0.39 is 23.7 Å². The lowest BCUT2D eigenvalue weighted by atomic mass is 9.82. The topological polar surface area (TPSA) is 105 Å². The van der Waals surface area contributed by atoms with Crippen LogP contribution in [0.25, 0.3) is 22.4 Å². The third-order valence-corrected chi connectivity index (χ3v) is 7.18. The SMILES string of the molecule is O=C(O)COCC1CCC(Cn2nc(CCC(O)CO)c(-c3ccc(F)c(F)c3)c2-c2ccccc2)CC1. The lowest BCUT2D eigenvalue weighted by Gasteiger charge is -2.28. The van der Waals surface area contributed by atoms with Gasteiger partial charge < -0.3 is 20.1 Å². The van der Waals surface area contributed by atoms with Crippen LogP contribution in [-0.2, 0) is 22.5 Å². The van der Waals surface area contributed by atoms with Crippen LogP contribution in [0.15, 0.2) is 48.5 Å². The standard InChI is InChI=1S/C29H34F2N2O5/c30-24-12-10-22(14-25(24)31)28-26(13-11-23(35)16-34)32-33(29(28)21-4-2-1-3-5-21)15-19-6-8-20(9-7-19)17-38-18-27(36)37/h1-5,10,12,14,19-20,23,34-35H,6-9,11,13,15-18H2,(H,36,37). The van der Waals surface area contributed by atoms with Crippen LogP contribution < -0.4 is 0 Å². The van der Waals surface area contributed by atoms with Crippen LogP contribution in [0.5, 0.6) is 0 Å². The second-order valence-corrected chi connectivity index (χ2v) is 10.0. The van der Waals surface area contributed by atoms with E-state index in [-0.39, 0.29) is 19.6 Å². The summed E-state index contributed by atoms with van der Waals surface area (Å²) in [6, 6.07) is 13.5. The van der Waals surface area contributed by atoms with Crippen molar-refractivity contribution in [1.82, 2.24) is 9.78 Å². The molecular weight excluding hydrogens is 494 g/mol. The van der Waals surface area contributed by atoms with Gasteiger partial charge in [-0.05, 0) is 68.1 Å². The summed E-state index contributed by atoms with van der Waals surface area (Å²) in [5, 5.41) is 33.0. The molecule has 3 N–H and O–H groups in total. The number of aliphatic hydroxyl groups is 2. The number of carboxylic acids is 1. The van der Waals surface area contributed by atoms with Crippen LogP contribution >= 0.6 is 0 Å². The van der Waals surface area contributed by atoms with Crippen LogP contribution in [0.3, 0.4) is 0 Å². The van der Waals surface area contributed by atoms with Gasteiger partial charge in [0.15, 0.2) is 11.6 Å². The number of carbonyl (C=O) groups is 1. The van der Waals surface area contributed by atoms with E-state index in [1.165, 1.54) is 6.07 Å². The molecule has 7 nitrogen and oxygen atoms in total. The van der Waals surface area contributed by atoms with E-state index in [1.54, 1.807) is 6.07 Å². The van der Waals surface area contributed by atoms with Gasteiger partial charge in [0.1, 0.15) is 6.61 Å². The van der Waals surface area contributed by atoms with E-state index in [0.29, 0.717) is 48.2 Å². The molecule has 1 unspecified atom stereocenters.